The number of fused-ring (bicyclic) bond motifs is 4. The fraction of sp³-hybridized carbons (Fsp3) is 0.625. The highest BCUT2D eigenvalue weighted by Crippen LogP contribution is 2.57. The Hall–Kier alpha value is -3.39. The van der Waals surface area contributed by atoms with Crippen molar-refractivity contribution in [3.05, 3.63) is 65.2 Å². The molecular formula is C40H59N5O3. The molecule has 48 heavy (non-hydrogen) atoms. The minimum absolute atomic E-state index is 0.0224. The normalized spacial score (nSPS) is 27.3. The number of phenolic OH excluding ortho intramolecular Hbond substituents is 1. The van der Waals surface area contributed by atoms with Crippen LogP contribution in [0.4, 0.5) is 0 Å². The number of amidine groups is 1. The Kier molecular flexibility index (Phi) is 11.5. The molecule has 5 rings (SSSR count). The lowest BCUT2D eigenvalue weighted by molar-refractivity contribution is -0.131. The number of hydrogen-bond donors (Lipinski definition) is 4. The molecular weight excluding hydrogens is 598 g/mol. The highest BCUT2D eigenvalue weighted by atomic mass is 16.3. The van der Waals surface area contributed by atoms with Gasteiger partial charge in [-0.1, -0.05) is 83.9 Å². The second-order valence-electron chi connectivity index (χ2n) is 15.4. The fourth-order valence-corrected chi connectivity index (χ4v) is 8.50. The van der Waals surface area contributed by atoms with Crippen molar-refractivity contribution >= 4 is 17.6 Å². The Labute approximate surface area is 288 Å². The molecule has 6 atom stereocenters. The number of carbonyl (C=O) groups excluding carboxylic acids is 2. The third-order valence-electron chi connectivity index (χ3n) is 11.8. The second-order valence-corrected chi connectivity index (χ2v) is 15.4. The summed E-state index contributed by atoms with van der Waals surface area (Å²) in [6, 6.07) is 15.9. The first-order chi connectivity index (χ1) is 23.0. The van der Waals surface area contributed by atoms with E-state index in [0.717, 1.165) is 76.6 Å². The van der Waals surface area contributed by atoms with Crippen LogP contribution in [0.3, 0.4) is 0 Å². The molecule has 0 radical (unpaired) electrons. The van der Waals surface area contributed by atoms with Gasteiger partial charge in [-0.05, 0) is 97.1 Å². The van der Waals surface area contributed by atoms with Crippen LogP contribution in [0.2, 0.25) is 0 Å². The summed E-state index contributed by atoms with van der Waals surface area (Å²) in [5.74, 6) is 1.82. The van der Waals surface area contributed by atoms with Crippen LogP contribution in [0, 0.1) is 17.8 Å². The van der Waals surface area contributed by atoms with E-state index in [1.807, 2.05) is 37.3 Å². The molecule has 2 bridgehead atoms. The number of aliphatic imine (C=N–C) groups is 1. The first-order valence-electron chi connectivity index (χ1n) is 18.5. The number of hydrogen-bond acceptors (Lipinski definition) is 5. The predicted octanol–water partition coefficient (Wildman–Crippen LogP) is 5.85. The van der Waals surface area contributed by atoms with Gasteiger partial charge >= 0.3 is 0 Å². The number of aromatic hydroxyl groups is 1. The van der Waals surface area contributed by atoms with Crippen molar-refractivity contribution in [1.29, 1.82) is 0 Å². The molecule has 262 valence electrons. The van der Waals surface area contributed by atoms with Gasteiger partial charge in [0.1, 0.15) is 11.8 Å². The number of rotatable bonds is 16. The number of benzene rings is 2. The lowest BCUT2D eigenvalue weighted by Gasteiger charge is -2.55. The molecule has 1 heterocycles. The van der Waals surface area contributed by atoms with Gasteiger partial charge in [0.05, 0.1) is 11.3 Å². The van der Waals surface area contributed by atoms with E-state index in [1.165, 1.54) is 11.1 Å². The smallest absolute Gasteiger partial charge is 0.242 e. The van der Waals surface area contributed by atoms with E-state index in [-0.39, 0.29) is 29.1 Å². The average Bonchev–Trinajstić information content (AvgIpc) is 3.80. The quantitative estimate of drug-likeness (QED) is 0.103. The van der Waals surface area contributed by atoms with E-state index in [4.69, 9.17) is 5.73 Å². The topological polar surface area (TPSA) is 120 Å². The van der Waals surface area contributed by atoms with Crippen LogP contribution in [-0.4, -0.2) is 65.9 Å². The summed E-state index contributed by atoms with van der Waals surface area (Å²) in [6.07, 6.45) is 8.12. The third kappa shape index (κ3) is 7.74. The van der Waals surface area contributed by atoms with Crippen molar-refractivity contribution in [1.82, 2.24) is 15.5 Å². The summed E-state index contributed by atoms with van der Waals surface area (Å²) in [7, 11) is 0. The Balaban J connectivity index is 1.23. The molecule has 0 aromatic heterocycles. The predicted molar refractivity (Wildman–Crippen MR) is 194 cm³/mol. The number of phenols is 1. The summed E-state index contributed by atoms with van der Waals surface area (Å²) >= 11 is 0. The van der Waals surface area contributed by atoms with Crippen LogP contribution >= 0.6 is 0 Å². The summed E-state index contributed by atoms with van der Waals surface area (Å²) in [5, 5.41) is 16.6. The van der Waals surface area contributed by atoms with Crippen molar-refractivity contribution in [3.8, 4) is 5.75 Å². The van der Waals surface area contributed by atoms with E-state index < -0.39 is 11.5 Å². The second kappa shape index (κ2) is 15.4. The molecule has 8 heteroatoms. The molecule has 2 aliphatic carbocycles. The van der Waals surface area contributed by atoms with Crippen LogP contribution in [0.25, 0.3) is 0 Å². The van der Waals surface area contributed by atoms with Crippen LogP contribution in [0.5, 0.6) is 5.75 Å². The van der Waals surface area contributed by atoms with Gasteiger partial charge in [0, 0.05) is 32.1 Å². The number of piperidine rings is 1. The van der Waals surface area contributed by atoms with Crippen LogP contribution in [0.1, 0.15) is 103 Å². The Morgan fingerprint density at radius 2 is 1.85 bits per heavy atom. The van der Waals surface area contributed by atoms with Crippen molar-refractivity contribution < 1.29 is 14.7 Å². The lowest BCUT2D eigenvalue weighted by atomic mass is 9.59. The van der Waals surface area contributed by atoms with Crippen molar-refractivity contribution in [3.63, 3.8) is 0 Å². The molecule has 3 aliphatic rings. The molecule has 1 aliphatic heterocycles. The molecule has 2 amide bonds. The Morgan fingerprint density at radius 1 is 1.10 bits per heavy atom. The number of nitrogens with one attached hydrogen (secondary N) is 2. The molecule has 2 aromatic carbocycles. The summed E-state index contributed by atoms with van der Waals surface area (Å²) in [6.45, 7) is 14.1. The zero-order chi connectivity index (χ0) is 34.5. The number of nitrogens with two attached hydrogens (primary N) is 1. The van der Waals surface area contributed by atoms with E-state index in [2.05, 4.69) is 66.4 Å². The van der Waals surface area contributed by atoms with Gasteiger partial charge in [-0.3, -0.25) is 19.5 Å². The molecule has 5 N–H and O–H groups in total. The van der Waals surface area contributed by atoms with Crippen molar-refractivity contribution in [2.45, 2.75) is 115 Å². The largest absolute Gasteiger partial charge is 0.508 e. The van der Waals surface area contributed by atoms with Gasteiger partial charge in [-0.15, -0.1) is 0 Å². The molecule has 8 nitrogen and oxygen atoms in total. The average molecular weight is 658 g/mol. The molecule has 4 unspecified atom stereocenters. The first kappa shape index (κ1) is 35.9. The maximum atomic E-state index is 14.4. The number of unbranched alkanes of at least 4 members (excludes halogenated alkanes) is 3. The molecule has 1 saturated heterocycles. The summed E-state index contributed by atoms with van der Waals surface area (Å²) < 4.78 is 0. The van der Waals surface area contributed by atoms with E-state index in [1.54, 1.807) is 0 Å². The summed E-state index contributed by atoms with van der Waals surface area (Å²) in [4.78, 5) is 34.8. The third-order valence-corrected chi connectivity index (χ3v) is 11.8. The standard InChI is InChI=1S/C40H59N5O3/c1-6-36(41)42-19-12-7-8-13-20-43-37(47)34(22-27(2)3)44-38(48)40(30-14-10-9-11-15-30)25-31(40)26-45-21-18-39(5)28(4)35(45)23-29-16-17-32(46)24-33(29)39/h9-11,14-17,24,27-28,31,34-35,46H,6-8,12-13,18-23,25-26H2,1-5H3,(H2,41,42)(H,43,47)(H,44,48)/t28?,31?,34?,35?,39-,40+/m1/s1. The minimum Gasteiger partial charge on any atom is -0.508 e. The number of likely N-dealkylation sites (tertiary alicyclic amines) is 1. The number of amides is 2. The van der Waals surface area contributed by atoms with Gasteiger partial charge < -0.3 is 21.5 Å². The van der Waals surface area contributed by atoms with Gasteiger partial charge in [0.2, 0.25) is 11.8 Å². The summed E-state index contributed by atoms with van der Waals surface area (Å²) in [5.41, 5.74) is 8.85. The molecule has 2 aromatic rings. The fourth-order valence-electron chi connectivity index (χ4n) is 8.50. The maximum Gasteiger partial charge on any atom is 0.242 e. The molecule has 2 fully saturated rings. The van der Waals surface area contributed by atoms with Crippen LogP contribution in [0.15, 0.2) is 53.5 Å². The van der Waals surface area contributed by atoms with E-state index in [9.17, 15) is 14.7 Å². The van der Waals surface area contributed by atoms with Gasteiger partial charge in [-0.2, -0.15) is 0 Å². The van der Waals surface area contributed by atoms with Crippen molar-refractivity contribution in [2.24, 2.45) is 28.5 Å². The van der Waals surface area contributed by atoms with Crippen LogP contribution < -0.4 is 16.4 Å². The molecule has 1 saturated carbocycles. The lowest BCUT2D eigenvalue weighted by Crippen LogP contribution is -2.58. The zero-order valence-corrected chi connectivity index (χ0v) is 29.9. The maximum absolute atomic E-state index is 14.4. The highest BCUT2D eigenvalue weighted by Gasteiger charge is 2.62. The molecule has 0 spiro atoms. The Bertz CT molecular complexity index is 1440. The highest BCUT2D eigenvalue weighted by molar-refractivity contribution is 5.95. The van der Waals surface area contributed by atoms with Gasteiger partial charge in [0.25, 0.3) is 0 Å². The number of carbonyl (C=O) groups is 2. The van der Waals surface area contributed by atoms with Crippen LogP contribution in [-0.2, 0) is 26.8 Å². The first-order valence-corrected chi connectivity index (χ1v) is 18.5. The monoisotopic (exact) mass is 657 g/mol. The number of nitrogens with zero attached hydrogens (tertiary/aromatic N) is 2. The van der Waals surface area contributed by atoms with E-state index >= 15 is 0 Å². The van der Waals surface area contributed by atoms with Gasteiger partial charge in [-0.25, -0.2) is 0 Å². The SMILES string of the molecule is CCC(N)=NCCCCCCNC(=O)C(CC(C)C)NC(=O)[C@]1(c2ccccc2)CC1CN1CC[C@@]2(C)c3cc(O)ccc3CC1C2C. The van der Waals surface area contributed by atoms with Gasteiger partial charge in [0.15, 0.2) is 0 Å². The Morgan fingerprint density at radius 3 is 2.58 bits per heavy atom. The van der Waals surface area contributed by atoms with E-state index in [0.29, 0.717) is 36.5 Å². The zero-order valence-electron chi connectivity index (χ0n) is 29.9. The minimum atomic E-state index is -0.636. The van der Waals surface area contributed by atoms with Crippen molar-refractivity contribution in [2.75, 3.05) is 26.2 Å².